The highest BCUT2D eigenvalue weighted by Crippen LogP contribution is 2.22. The van der Waals surface area contributed by atoms with E-state index < -0.39 is 0 Å². The standard InChI is InChI=1S/C13H21ClN2OS/c1-9(2)13(3,8-15)16-12(17)7-5-10-4-6-11(14)18-10/h4,6,9H,5,7-8,15H2,1-3H3,(H,16,17). The van der Waals surface area contributed by atoms with Crippen LogP contribution in [0.4, 0.5) is 0 Å². The van der Waals surface area contributed by atoms with Gasteiger partial charge in [-0.05, 0) is 31.4 Å². The molecule has 3 nitrogen and oxygen atoms in total. The third kappa shape index (κ3) is 4.26. The summed E-state index contributed by atoms with van der Waals surface area (Å²) in [7, 11) is 0. The van der Waals surface area contributed by atoms with Gasteiger partial charge >= 0.3 is 0 Å². The second-order valence-corrected chi connectivity index (χ2v) is 6.83. The predicted molar refractivity (Wildman–Crippen MR) is 78.1 cm³/mol. The minimum Gasteiger partial charge on any atom is -0.349 e. The van der Waals surface area contributed by atoms with E-state index in [1.807, 2.05) is 19.1 Å². The van der Waals surface area contributed by atoms with Gasteiger partial charge in [0.05, 0.1) is 9.88 Å². The minimum atomic E-state index is -0.329. The molecule has 1 rings (SSSR count). The number of halogens is 1. The molecule has 18 heavy (non-hydrogen) atoms. The molecule has 0 bridgehead atoms. The van der Waals surface area contributed by atoms with Crippen molar-refractivity contribution in [3.05, 3.63) is 21.3 Å². The van der Waals surface area contributed by atoms with Gasteiger partial charge in [0.1, 0.15) is 0 Å². The topological polar surface area (TPSA) is 55.1 Å². The Morgan fingerprint density at radius 3 is 2.67 bits per heavy atom. The largest absolute Gasteiger partial charge is 0.349 e. The number of amides is 1. The van der Waals surface area contributed by atoms with Crippen LogP contribution in [0.2, 0.25) is 4.34 Å². The Hall–Kier alpha value is -0.580. The molecule has 1 aromatic heterocycles. The van der Waals surface area contributed by atoms with Crippen LogP contribution in [0, 0.1) is 5.92 Å². The van der Waals surface area contributed by atoms with Crippen molar-refractivity contribution >= 4 is 28.8 Å². The molecule has 0 saturated carbocycles. The molecule has 0 radical (unpaired) electrons. The molecule has 1 unspecified atom stereocenters. The van der Waals surface area contributed by atoms with Crippen LogP contribution in [0.1, 0.15) is 32.1 Å². The lowest BCUT2D eigenvalue weighted by atomic mass is 9.88. The number of rotatable bonds is 6. The van der Waals surface area contributed by atoms with Gasteiger partial charge in [-0.15, -0.1) is 11.3 Å². The van der Waals surface area contributed by atoms with Crippen molar-refractivity contribution < 1.29 is 4.79 Å². The first kappa shape index (κ1) is 15.5. The molecule has 0 spiro atoms. The van der Waals surface area contributed by atoms with Crippen LogP contribution in [-0.2, 0) is 11.2 Å². The number of hydrogen-bond acceptors (Lipinski definition) is 3. The molecule has 1 amide bonds. The van der Waals surface area contributed by atoms with Gasteiger partial charge in [-0.1, -0.05) is 25.4 Å². The smallest absolute Gasteiger partial charge is 0.220 e. The van der Waals surface area contributed by atoms with Gasteiger partial charge in [-0.3, -0.25) is 4.79 Å². The van der Waals surface area contributed by atoms with E-state index in [4.69, 9.17) is 17.3 Å². The quantitative estimate of drug-likeness (QED) is 0.846. The summed E-state index contributed by atoms with van der Waals surface area (Å²) in [4.78, 5) is 13.0. The summed E-state index contributed by atoms with van der Waals surface area (Å²) in [5.74, 6) is 0.351. The Morgan fingerprint density at radius 2 is 2.22 bits per heavy atom. The monoisotopic (exact) mass is 288 g/mol. The third-order valence-electron chi connectivity index (χ3n) is 3.35. The zero-order valence-electron chi connectivity index (χ0n) is 11.1. The van der Waals surface area contributed by atoms with Crippen LogP contribution >= 0.6 is 22.9 Å². The molecule has 0 fully saturated rings. The summed E-state index contributed by atoms with van der Waals surface area (Å²) in [6, 6.07) is 3.82. The lowest BCUT2D eigenvalue weighted by Crippen LogP contribution is -2.55. The fourth-order valence-electron chi connectivity index (χ4n) is 1.53. The van der Waals surface area contributed by atoms with Gasteiger partial charge in [0.2, 0.25) is 5.91 Å². The van der Waals surface area contributed by atoms with E-state index in [1.54, 1.807) is 0 Å². The molecular weight excluding hydrogens is 268 g/mol. The molecule has 1 aromatic rings. The lowest BCUT2D eigenvalue weighted by Gasteiger charge is -2.33. The molecule has 1 atom stereocenters. The Kier molecular flexibility index (Phi) is 5.63. The molecule has 0 aromatic carbocycles. The first-order valence-corrected chi connectivity index (χ1v) is 7.32. The maximum atomic E-state index is 11.9. The normalized spacial score (nSPS) is 14.6. The Bertz CT molecular complexity index is 405. The van der Waals surface area contributed by atoms with E-state index in [1.165, 1.54) is 11.3 Å². The Morgan fingerprint density at radius 1 is 1.56 bits per heavy atom. The van der Waals surface area contributed by atoms with Crippen LogP contribution in [0.3, 0.4) is 0 Å². The second kappa shape index (κ2) is 6.55. The van der Waals surface area contributed by atoms with E-state index >= 15 is 0 Å². The summed E-state index contributed by atoms with van der Waals surface area (Å²) >= 11 is 7.37. The molecule has 0 aliphatic heterocycles. The van der Waals surface area contributed by atoms with Gasteiger partial charge in [0.15, 0.2) is 0 Å². The molecule has 3 N–H and O–H groups in total. The maximum Gasteiger partial charge on any atom is 0.220 e. The number of carbonyl (C=O) groups is 1. The first-order valence-electron chi connectivity index (χ1n) is 6.12. The first-order chi connectivity index (χ1) is 8.37. The van der Waals surface area contributed by atoms with Gasteiger partial charge in [-0.25, -0.2) is 0 Å². The predicted octanol–water partition coefficient (Wildman–Crippen LogP) is 2.82. The van der Waals surface area contributed by atoms with E-state index in [-0.39, 0.29) is 11.4 Å². The SMILES string of the molecule is CC(C)C(C)(CN)NC(=O)CCc1ccc(Cl)s1. The molecule has 0 aliphatic carbocycles. The summed E-state index contributed by atoms with van der Waals surface area (Å²) in [6.07, 6.45) is 1.20. The number of aryl methyl sites for hydroxylation is 1. The third-order valence-corrected chi connectivity index (χ3v) is 4.64. The van der Waals surface area contributed by atoms with Crippen molar-refractivity contribution in [3.8, 4) is 0 Å². The van der Waals surface area contributed by atoms with Gasteiger partial charge in [0, 0.05) is 17.8 Å². The van der Waals surface area contributed by atoms with Crippen LogP contribution < -0.4 is 11.1 Å². The highest BCUT2D eigenvalue weighted by molar-refractivity contribution is 7.16. The van der Waals surface area contributed by atoms with Crippen molar-refractivity contribution in [1.82, 2.24) is 5.32 Å². The van der Waals surface area contributed by atoms with Crippen molar-refractivity contribution in [2.75, 3.05) is 6.54 Å². The minimum absolute atomic E-state index is 0.0428. The fourth-order valence-corrected chi connectivity index (χ4v) is 2.62. The average molecular weight is 289 g/mol. The molecular formula is C13H21ClN2OS. The number of thiophene rings is 1. The van der Waals surface area contributed by atoms with Gasteiger partial charge in [0.25, 0.3) is 0 Å². The molecule has 0 aliphatic rings. The van der Waals surface area contributed by atoms with Crippen LogP contribution in [0.5, 0.6) is 0 Å². The zero-order valence-corrected chi connectivity index (χ0v) is 12.7. The fraction of sp³-hybridized carbons (Fsp3) is 0.615. The maximum absolute atomic E-state index is 11.9. The Balaban J connectivity index is 2.46. The number of nitrogens with two attached hydrogens (primary N) is 1. The van der Waals surface area contributed by atoms with Crippen molar-refractivity contribution in [2.24, 2.45) is 11.7 Å². The average Bonchev–Trinajstić information content (AvgIpc) is 2.72. The van der Waals surface area contributed by atoms with Gasteiger partial charge < -0.3 is 11.1 Å². The highest BCUT2D eigenvalue weighted by atomic mass is 35.5. The lowest BCUT2D eigenvalue weighted by molar-refractivity contribution is -0.123. The van der Waals surface area contributed by atoms with Crippen LogP contribution in [0.25, 0.3) is 0 Å². The Labute approximate surface area is 118 Å². The summed E-state index contributed by atoms with van der Waals surface area (Å²) in [5, 5.41) is 3.03. The second-order valence-electron chi connectivity index (χ2n) is 5.03. The van der Waals surface area contributed by atoms with Crippen molar-refractivity contribution in [2.45, 2.75) is 39.2 Å². The summed E-state index contributed by atoms with van der Waals surface area (Å²) in [6.45, 7) is 6.55. The van der Waals surface area contributed by atoms with Crippen molar-refractivity contribution in [3.63, 3.8) is 0 Å². The zero-order chi connectivity index (χ0) is 13.8. The number of hydrogen-bond donors (Lipinski definition) is 2. The van der Waals surface area contributed by atoms with Crippen LogP contribution in [0.15, 0.2) is 12.1 Å². The molecule has 5 heteroatoms. The number of nitrogens with one attached hydrogen (secondary N) is 1. The summed E-state index contributed by atoms with van der Waals surface area (Å²) in [5.41, 5.74) is 5.41. The molecule has 0 saturated heterocycles. The van der Waals surface area contributed by atoms with Crippen molar-refractivity contribution in [1.29, 1.82) is 0 Å². The summed E-state index contributed by atoms with van der Waals surface area (Å²) < 4.78 is 0.763. The van der Waals surface area contributed by atoms with E-state index in [2.05, 4.69) is 19.2 Å². The number of carbonyl (C=O) groups excluding carboxylic acids is 1. The van der Waals surface area contributed by atoms with Gasteiger partial charge in [-0.2, -0.15) is 0 Å². The van der Waals surface area contributed by atoms with Crippen LogP contribution in [-0.4, -0.2) is 18.0 Å². The van der Waals surface area contributed by atoms with E-state index in [0.717, 1.165) is 15.6 Å². The molecule has 102 valence electrons. The molecule has 1 heterocycles. The highest BCUT2D eigenvalue weighted by Gasteiger charge is 2.28. The van der Waals surface area contributed by atoms with E-state index in [0.29, 0.717) is 18.9 Å². The van der Waals surface area contributed by atoms with E-state index in [9.17, 15) is 4.79 Å².